The van der Waals surface area contributed by atoms with E-state index in [1.54, 1.807) is 5.56 Å². The van der Waals surface area contributed by atoms with Crippen LogP contribution in [-0.4, -0.2) is 9.97 Å². The zero-order valence-electron chi connectivity index (χ0n) is 29.9. The summed E-state index contributed by atoms with van der Waals surface area (Å²) in [6.07, 6.45) is 8.84. The second-order valence-electron chi connectivity index (χ2n) is 15.8. The molecule has 0 unspecified atom stereocenters. The van der Waals surface area contributed by atoms with Crippen molar-refractivity contribution in [2.45, 2.75) is 90.4 Å². The van der Waals surface area contributed by atoms with Gasteiger partial charge in [0.1, 0.15) is 0 Å². The number of pyridine rings is 2. The van der Waals surface area contributed by atoms with Crippen molar-refractivity contribution in [3.8, 4) is 33.6 Å². The number of hydrogen-bond acceptors (Lipinski definition) is 2. The van der Waals surface area contributed by atoms with Crippen molar-refractivity contribution in [2.75, 3.05) is 0 Å². The second-order valence-corrected chi connectivity index (χ2v) is 15.8. The van der Waals surface area contributed by atoms with Gasteiger partial charge in [0.2, 0.25) is 0 Å². The van der Waals surface area contributed by atoms with Crippen molar-refractivity contribution in [3.05, 3.63) is 143 Å². The predicted molar refractivity (Wildman–Crippen MR) is 201 cm³/mol. The summed E-state index contributed by atoms with van der Waals surface area (Å²) >= 11 is 0. The van der Waals surface area contributed by atoms with E-state index in [9.17, 15) is 0 Å². The van der Waals surface area contributed by atoms with E-state index in [0.29, 0.717) is 0 Å². The standard InChI is InChI=1S/C27H22N.C19H24N.Ir/c1-18-13-16-28-24(17-18)23-10-6-9-21-22-12-11-19-7-2-3-8-20(19)25(22)27(26(21)23)14-4-5-15-27;1-18(2,3)15-9-7-8-14(12-15)17-13-16(10-11-20-17)19(4,5)6;/h2-3,6-9,11-13,16-17H,4-5,14-15H2,1H3;7,9-13H,1-6H3;/q2*-1;. The van der Waals surface area contributed by atoms with Gasteiger partial charge in [-0.1, -0.05) is 114 Å². The molecule has 0 saturated heterocycles. The van der Waals surface area contributed by atoms with Gasteiger partial charge in [0.25, 0.3) is 0 Å². The largest absolute Gasteiger partial charge is 0.305 e. The van der Waals surface area contributed by atoms with Crippen molar-refractivity contribution >= 4 is 10.8 Å². The third-order valence-corrected chi connectivity index (χ3v) is 10.4. The first-order valence-electron chi connectivity index (χ1n) is 17.5. The minimum absolute atomic E-state index is 0. The first-order valence-corrected chi connectivity index (χ1v) is 17.5. The Hall–Kier alpha value is -3.91. The Morgan fingerprint density at radius 1 is 0.633 bits per heavy atom. The van der Waals surface area contributed by atoms with Crippen LogP contribution in [-0.2, 0) is 36.4 Å². The number of aromatic nitrogens is 2. The van der Waals surface area contributed by atoms with E-state index < -0.39 is 0 Å². The van der Waals surface area contributed by atoms with Crippen molar-refractivity contribution in [2.24, 2.45) is 0 Å². The molecule has 1 fully saturated rings. The third-order valence-electron chi connectivity index (χ3n) is 10.4. The average molecular weight is 819 g/mol. The Morgan fingerprint density at radius 3 is 2.02 bits per heavy atom. The van der Waals surface area contributed by atoms with Crippen molar-refractivity contribution in [3.63, 3.8) is 0 Å². The summed E-state index contributed by atoms with van der Waals surface area (Å²) in [7, 11) is 0. The Labute approximate surface area is 306 Å². The van der Waals surface area contributed by atoms with E-state index in [2.05, 4.69) is 151 Å². The molecule has 0 bridgehead atoms. The third kappa shape index (κ3) is 6.56. The summed E-state index contributed by atoms with van der Waals surface area (Å²) < 4.78 is 0. The number of fused-ring (bicyclic) bond motifs is 7. The fourth-order valence-electron chi connectivity index (χ4n) is 7.84. The molecule has 1 spiro atoms. The molecular formula is C46H46IrN2-2. The predicted octanol–water partition coefficient (Wildman–Crippen LogP) is 12.0. The number of aryl methyl sites for hydroxylation is 1. The Kier molecular flexibility index (Phi) is 9.57. The monoisotopic (exact) mass is 819 g/mol. The Bertz CT molecular complexity index is 2070. The number of rotatable bonds is 2. The van der Waals surface area contributed by atoms with E-state index in [0.717, 1.165) is 17.0 Å². The molecule has 0 amide bonds. The normalized spacial score (nSPS) is 14.5. The van der Waals surface area contributed by atoms with Crippen molar-refractivity contribution < 1.29 is 20.1 Å². The summed E-state index contributed by atoms with van der Waals surface area (Å²) in [6, 6.07) is 39.7. The maximum absolute atomic E-state index is 4.74. The molecule has 0 atom stereocenters. The summed E-state index contributed by atoms with van der Waals surface area (Å²) in [5.41, 5.74) is 14.4. The first kappa shape index (κ1) is 34.9. The van der Waals surface area contributed by atoms with E-state index in [1.165, 1.54) is 75.4 Å². The molecule has 2 aliphatic rings. The fourth-order valence-corrected chi connectivity index (χ4v) is 7.84. The number of hydrogen-bond donors (Lipinski definition) is 0. The molecule has 49 heavy (non-hydrogen) atoms. The van der Waals surface area contributed by atoms with Crippen LogP contribution in [0.15, 0.2) is 103 Å². The minimum Gasteiger partial charge on any atom is -0.305 e. The molecule has 251 valence electrons. The van der Waals surface area contributed by atoms with Gasteiger partial charge in [-0.2, -0.15) is 0 Å². The Balaban J connectivity index is 0.000000177. The van der Waals surface area contributed by atoms with Crippen LogP contribution in [0.1, 0.15) is 95.0 Å². The fraction of sp³-hybridized carbons (Fsp3) is 0.304. The number of benzene rings is 4. The van der Waals surface area contributed by atoms with Gasteiger partial charge < -0.3 is 9.97 Å². The van der Waals surface area contributed by atoms with E-state index in [1.807, 2.05) is 18.5 Å². The molecule has 2 aliphatic carbocycles. The summed E-state index contributed by atoms with van der Waals surface area (Å²) in [5.74, 6) is 0. The van der Waals surface area contributed by atoms with Crippen LogP contribution in [0.3, 0.4) is 0 Å². The van der Waals surface area contributed by atoms with Crippen LogP contribution in [0, 0.1) is 19.1 Å². The zero-order chi connectivity index (χ0) is 33.7. The molecule has 8 rings (SSSR count). The van der Waals surface area contributed by atoms with Gasteiger partial charge in [0.15, 0.2) is 0 Å². The van der Waals surface area contributed by atoms with Crippen LogP contribution >= 0.6 is 0 Å². The van der Waals surface area contributed by atoms with Gasteiger partial charge in [0.05, 0.1) is 0 Å². The second kappa shape index (κ2) is 13.4. The molecular weight excluding hydrogens is 773 g/mol. The summed E-state index contributed by atoms with van der Waals surface area (Å²) in [4.78, 5) is 9.25. The molecule has 4 aromatic carbocycles. The summed E-state index contributed by atoms with van der Waals surface area (Å²) in [5, 5.41) is 2.76. The Morgan fingerprint density at radius 2 is 1.29 bits per heavy atom. The summed E-state index contributed by atoms with van der Waals surface area (Å²) in [6.45, 7) is 15.5. The van der Waals surface area contributed by atoms with Crippen molar-refractivity contribution in [1.82, 2.24) is 9.97 Å². The topological polar surface area (TPSA) is 25.8 Å². The van der Waals surface area contributed by atoms with E-state index in [-0.39, 0.29) is 36.4 Å². The SMILES string of the molecule is CC(C)(C)c1cc[c-]c(-c2cc(C(C)(C)C)ccn2)c1.Cc1ccnc(-c2[c-]ccc3c2C2(CCCC2)c2c-3ccc3ccccc23)c1.[Ir]. The minimum atomic E-state index is 0. The van der Waals surface area contributed by atoms with Crippen LogP contribution in [0.5, 0.6) is 0 Å². The van der Waals surface area contributed by atoms with E-state index >= 15 is 0 Å². The van der Waals surface area contributed by atoms with Gasteiger partial charge in [-0.15, -0.1) is 64.7 Å². The van der Waals surface area contributed by atoms with Crippen LogP contribution in [0.25, 0.3) is 44.4 Å². The first-order chi connectivity index (χ1) is 23.0. The average Bonchev–Trinajstić information content (AvgIpc) is 3.68. The van der Waals surface area contributed by atoms with Gasteiger partial charge in [-0.3, -0.25) is 0 Å². The maximum atomic E-state index is 4.74. The molecule has 3 heteroatoms. The van der Waals surface area contributed by atoms with Gasteiger partial charge in [-0.05, 0) is 87.0 Å². The molecule has 6 aromatic rings. The molecule has 2 nitrogen and oxygen atoms in total. The van der Waals surface area contributed by atoms with Crippen LogP contribution in [0.4, 0.5) is 0 Å². The van der Waals surface area contributed by atoms with Crippen molar-refractivity contribution in [1.29, 1.82) is 0 Å². The van der Waals surface area contributed by atoms with Gasteiger partial charge in [-0.25, -0.2) is 0 Å². The quantitative estimate of drug-likeness (QED) is 0.163. The molecule has 2 heterocycles. The van der Waals surface area contributed by atoms with Gasteiger partial charge in [0, 0.05) is 32.5 Å². The molecule has 0 aliphatic heterocycles. The smallest absolute Gasteiger partial charge is 0.0163 e. The van der Waals surface area contributed by atoms with Crippen LogP contribution in [0.2, 0.25) is 0 Å². The van der Waals surface area contributed by atoms with E-state index in [4.69, 9.17) is 4.98 Å². The molecule has 1 radical (unpaired) electrons. The maximum Gasteiger partial charge on any atom is 0.0163 e. The van der Waals surface area contributed by atoms with Gasteiger partial charge >= 0.3 is 0 Å². The number of nitrogens with zero attached hydrogens (tertiary/aromatic N) is 2. The molecule has 1 saturated carbocycles. The van der Waals surface area contributed by atoms with Crippen LogP contribution < -0.4 is 0 Å². The zero-order valence-corrected chi connectivity index (χ0v) is 32.3. The molecule has 2 aromatic heterocycles. The molecule has 0 N–H and O–H groups in total.